The fourth-order valence-electron chi connectivity index (χ4n) is 6.17. The number of nitro groups is 1. The Hall–Kier alpha value is -5.36. The third kappa shape index (κ3) is 6.11. The van der Waals surface area contributed by atoms with E-state index in [2.05, 4.69) is 16.5 Å². The van der Waals surface area contributed by atoms with Crippen LogP contribution < -0.4 is 0 Å². The summed E-state index contributed by atoms with van der Waals surface area (Å²) in [5.74, 6) is -1.91. The highest BCUT2D eigenvalue weighted by atomic mass is 16.6. The predicted molar refractivity (Wildman–Crippen MR) is 176 cm³/mol. The van der Waals surface area contributed by atoms with Crippen LogP contribution in [0.15, 0.2) is 30.8 Å². The first-order chi connectivity index (χ1) is 21.8. The van der Waals surface area contributed by atoms with Crippen LogP contribution >= 0.6 is 0 Å². The maximum Gasteiger partial charge on any atom is 0.303 e. The fourth-order valence-corrected chi connectivity index (χ4v) is 6.17. The summed E-state index contributed by atoms with van der Waals surface area (Å²) in [6.45, 7) is 10.7. The van der Waals surface area contributed by atoms with Gasteiger partial charge in [-0.05, 0) is 98.2 Å². The Bertz CT molecular complexity index is 2050. The first-order valence-corrected chi connectivity index (χ1v) is 14.8. The van der Waals surface area contributed by atoms with Crippen LogP contribution in [0, 0.1) is 24.0 Å². The largest absolute Gasteiger partial charge is 0.481 e. The molecule has 1 atom stereocenters. The molecule has 12 heteroatoms. The van der Waals surface area contributed by atoms with E-state index >= 15 is 0 Å². The Kier molecular flexibility index (Phi) is 8.75. The summed E-state index contributed by atoms with van der Waals surface area (Å²) in [4.78, 5) is 50.5. The molecule has 12 nitrogen and oxygen atoms in total. The number of aromatic nitrogens is 4. The Morgan fingerprint density at radius 3 is 1.83 bits per heavy atom. The first-order valence-electron chi connectivity index (χ1n) is 14.8. The van der Waals surface area contributed by atoms with Crippen LogP contribution in [-0.2, 0) is 9.59 Å². The number of hydrogen-bond acceptors (Lipinski definition) is 7. The molecule has 0 aliphatic carbocycles. The lowest BCUT2D eigenvalue weighted by Gasteiger charge is -2.06. The van der Waals surface area contributed by atoms with Crippen molar-refractivity contribution >= 4 is 62.4 Å². The van der Waals surface area contributed by atoms with Crippen molar-refractivity contribution in [3.05, 3.63) is 86.0 Å². The number of carboxylic acid groups (broad SMARTS) is 2. The van der Waals surface area contributed by atoms with Crippen LogP contribution in [0.2, 0.25) is 0 Å². The lowest BCUT2D eigenvalue weighted by molar-refractivity contribution is -0.491. The van der Waals surface area contributed by atoms with Crippen molar-refractivity contribution in [2.75, 3.05) is 6.54 Å². The highest BCUT2D eigenvalue weighted by Crippen LogP contribution is 2.38. The molecular formula is C34H35N5O7. The molecule has 46 heavy (non-hydrogen) atoms. The lowest BCUT2D eigenvalue weighted by atomic mass is 9.98. The second kappa shape index (κ2) is 12.6. The summed E-state index contributed by atoms with van der Waals surface area (Å²) in [5.41, 5.74) is 10.4. The number of allylic oxidation sites excluding steroid dienone is 4. The molecule has 2 aliphatic rings. The smallest absolute Gasteiger partial charge is 0.303 e. The van der Waals surface area contributed by atoms with E-state index < -0.39 is 29.5 Å². The second-order valence-electron chi connectivity index (χ2n) is 11.6. The number of hydrogen-bond donors (Lipinski definition) is 5. The molecule has 0 aromatic carbocycles. The van der Waals surface area contributed by atoms with Crippen LogP contribution in [-0.4, -0.2) is 58.7 Å². The standard InChI is InChI=1S/C34H35N5O7/c1-6-20-16(2)23-11-24-17(3)21(7-9-32(41)42)28(36-24)14-29-22(8-10-33(43)44)18(4)25(37-29)13-30-34(31(40)15-39(45)46)19(5)26(38-30)12-27(20)35-23/h6,11-14,31,35,38,40H,1,7-10,15H2,2-5H3,(H,41,42)(H,43,44). The van der Waals surface area contributed by atoms with E-state index in [0.717, 1.165) is 33.3 Å². The first kappa shape index (κ1) is 32.0. The molecule has 3 aromatic rings. The number of fused-ring (bicyclic) bond motifs is 8. The van der Waals surface area contributed by atoms with Crippen molar-refractivity contribution in [1.82, 2.24) is 19.9 Å². The van der Waals surface area contributed by atoms with Gasteiger partial charge in [0, 0.05) is 51.0 Å². The summed E-state index contributed by atoms with van der Waals surface area (Å²) in [7, 11) is 0. The molecule has 5 rings (SSSR count). The highest BCUT2D eigenvalue weighted by Gasteiger charge is 2.25. The third-order valence-corrected chi connectivity index (χ3v) is 8.67. The molecule has 8 bridgehead atoms. The number of nitrogens with one attached hydrogen (secondary N) is 2. The van der Waals surface area contributed by atoms with Crippen molar-refractivity contribution < 1.29 is 29.8 Å². The number of carbonyl (C=O) groups is 2. The number of H-pyrrole nitrogens is 2. The number of rotatable bonds is 10. The zero-order valence-electron chi connectivity index (χ0n) is 26.0. The van der Waals surface area contributed by atoms with Crippen molar-refractivity contribution in [2.45, 2.75) is 59.5 Å². The fraction of sp³-hybridized carbons (Fsp3) is 0.294. The van der Waals surface area contributed by atoms with Crippen LogP contribution in [0.1, 0.15) is 90.7 Å². The number of nitrogens with zero attached hydrogens (tertiary/aromatic N) is 3. The Balaban J connectivity index is 1.94. The summed E-state index contributed by atoms with van der Waals surface area (Å²) in [5, 5.41) is 41.3. The normalized spacial score (nSPS) is 13.7. The Morgan fingerprint density at radius 2 is 1.33 bits per heavy atom. The molecule has 1 unspecified atom stereocenters. The van der Waals surface area contributed by atoms with E-state index in [1.54, 1.807) is 25.1 Å². The van der Waals surface area contributed by atoms with Crippen LogP contribution in [0.25, 0.3) is 50.4 Å². The SMILES string of the molecule is C=Cc1c(C)c2cc3nc(cc4nc(cc5[nH]c(cc1[nH]2)c(C)c5C(O)C[N+](=O)[O-])C(C)=C4CCC(=O)O)C(CCC(=O)O)=C3C. The Morgan fingerprint density at radius 1 is 0.826 bits per heavy atom. The molecule has 3 aromatic heterocycles. The molecule has 0 saturated carbocycles. The van der Waals surface area contributed by atoms with E-state index in [4.69, 9.17) is 9.97 Å². The van der Waals surface area contributed by atoms with E-state index in [9.17, 15) is 35.0 Å². The van der Waals surface area contributed by atoms with Gasteiger partial charge in [0.15, 0.2) is 0 Å². The number of aromatic amines is 2. The average Bonchev–Trinajstić information content (AvgIpc) is 3.63. The number of aryl methyl sites for hydroxylation is 2. The minimum Gasteiger partial charge on any atom is -0.481 e. The quantitative estimate of drug-likeness (QED) is 0.124. The zero-order valence-corrected chi connectivity index (χ0v) is 26.0. The van der Waals surface area contributed by atoms with Gasteiger partial charge in [0.1, 0.15) is 6.10 Å². The molecular weight excluding hydrogens is 590 g/mol. The molecule has 0 radical (unpaired) electrons. The lowest BCUT2D eigenvalue weighted by Crippen LogP contribution is -2.12. The summed E-state index contributed by atoms with van der Waals surface area (Å²) in [6, 6.07) is 7.23. The van der Waals surface area contributed by atoms with Crippen LogP contribution in [0.3, 0.4) is 0 Å². The number of aliphatic hydroxyl groups excluding tert-OH is 1. The minimum absolute atomic E-state index is 0.101. The van der Waals surface area contributed by atoms with Gasteiger partial charge >= 0.3 is 11.9 Å². The van der Waals surface area contributed by atoms with Gasteiger partial charge in [-0.25, -0.2) is 9.97 Å². The van der Waals surface area contributed by atoms with E-state index in [-0.39, 0.29) is 25.7 Å². The van der Waals surface area contributed by atoms with Gasteiger partial charge in [0.05, 0.1) is 22.8 Å². The van der Waals surface area contributed by atoms with Gasteiger partial charge in [0.2, 0.25) is 6.54 Å². The average molecular weight is 626 g/mol. The van der Waals surface area contributed by atoms with E-state index in [0.29, 0.717) is 56.1 Å². The van der Waals surface area contributed by atoms with Crippen molar-refractivity contribution in [1.29, 1.82) is 0 Å². The monoisotopic (exact) mass is 625 g/mol. The molecule has 5 heterocycles. The van der Waals surface area contributed by atoms with Gasteiger partial charge in [-0.15, -0.1) is 0 Å². The predicted octanol–water partition coefficient (Wildman–Crippen LogP) is 6.48. The minimum atomic E-state index is -1.41. The maximum absolute atomic E-state index is 11.6. The molecule has 0 amide bonds. The molecule has 5 N–H and O–H groups in total. The number of aliphatic hydroxyl groups is 1. The topological polar surface area (TPSA) is 195 Å². The van der Waals surface area contributed by atoms with Gasteiger partial charge < -0.3 is 25.3 Å². The van der Waals surface area contributed by atoms with E-state index in [1.165, 1.54) is 0 Å². The summed E-state index contributed by atoms with van der Waals surface area (Å²) >= 11 is 0. The van der Waals surface area contributed by atoms with E-state index in [1.807, 2.05) is 32.9 Å². The second-order valence-corrected chi connectivity index (χ2v) is 11.6. The molecule has 2 aliphatic heterocycles. The van der Waals surface area contributed by atoms with Gasteiger partial charge in [0.25, 0.3) is 0 Å². The number of carboxylic acids is 2. The van der Waals surface area contributed by atoms with Gasteiger partial charge in [-0.3, -0.25) is 19.7 Å². The molecule has 238 valence electrons. The maximum atomic E-state index is 11.6. The van der Waals surface area contributed by atoms with Crippen LogP contribution in [0.4, 0.5) is 0 Å². The molecule has 0 spiro atoms. The van der Waals surface area contributed by atoms with Crippen molar-refractivity contribution in [2.24, 2.45) is 0 Å². The summed E-state index contributed by atoms with van der Waals surface area (Å²) < 4.78 is 0. The Labute approximate surface area is 264 Å². The number of aliphatic carboxylic acids is 2. The van der Waals surface area contributed by atoms with Crippen molar-refractivity contribution in [3.63, 3.8) is 0 Å². The van der Waals surface area contributed by atoms with Gasteiger partial charge in [-0.1, -0.05) is 12.7 Å². The molecule has 0 fully saturated rings. The third-order valence-electron chi connectivity index (χ3n) is 8.67. The van der Waals surface area contributed by atoms with Crippen LogP contribution in [0.5, 0.6) is 0 Å². The highest BCUT2D eigenvalue weighted by molar-refractivity contribution is 5.96. The van der Waals surface area contributed by atoms with Gasteiger partial charge in [-0.2, -0.15) is 0 Å². The molecule has 0 saturated heterocycles. The summed E-state index contributed by atoms with van der Waals surface area (Å²) in [6.07, 6.45) is 0.504. The zero-order chi connectivity index (χ0) is 33.4. The van der Waals surface area contributed by atoms with Crippen molar-refractivity contribution in [3.8, 4) is 0 Å².